The number of hydrogen-bond donors (Lipinski definition) is 0. The van der Waals surface area contributed by atoms with E-state index in [2.05, 4.69) is 15.6 Å². The summed E-state index contributed by atoms with van der Waals surface area (Å²) in [5, 5.41) is 4.69. The van der Waals surface area contributed by atoms with Gasteiger partial charge in [0, 0.05) is 26.1 Å². The van der Waals surface area contributed by atoms with Gasteiger partial charge in [-0.1, -0.05) is 0 Å². The zero-order valence-corrected chi connectivity index (χ0v) is 13.4. The van der Waals surface area contributed by atoms with Gasteiger partial charge in [0.25, 0.3) is 0 Å². The number of likely N-dealkylation sites (N-methyl/N-ethyl adjacent to an activating group) is 1. The zero-order chi connectivity index (χ0) is 15.8. The molecule has 6 heteroatoms. The van der Waals surface area contributed by atoms with Crippen LogP contribution in [0.2, 0.25) is 0 Å². The summed E-state index contributed by atoms with van der Waals surface area (Å²) in [4.78, 5) is 16.3. The van der Waals surface area contributed by atoms with Gasteiger partial charge < -0.3 is 9.32 Å². The van der Waals surface area contributed by atoms with Crippen molar-refractivity contribution >= 4 is 5.91 Å². The van der Waals surface area contributed by atoms with Crippen LogP contribution in [0.4, 0.5) is 0 Å². The molecule has 0 spiro atoms. The molecule has 122 valence electrons. The first-order chi connectivity index (χ1) is 11.2. The molecule has 0 bridgehead atoms. The maximum absolute atomic E-state index is 12.4. The third-order valence-electron chi connectivity index (χ3n) is 4.65. The Morgan fingerprint density at radius 2 is 2.30 bits per heavy atom. The molecule has 1 amide bonds. The molecule has 6 nitrogen and oxygen atoms in total. The van der Waals surface area contributed by atoms with Crippen LogP contribution in [-0.2, 0) is 24.4 Å². The first-order valence-corrected chi connectivity index (χ1v) is 8.24. The SMILES string of the molecule is CN(Cc1ccco1)C(=O)CN1CCn2nc(C3CC3)cc2C1. The molecule has 1 saturated carbocycles. The van der Waals surface area contributed by atoms with Crippen molar-refractivity contribution < 1.29 is 9.21 Å². The predicted molar refractivity (Wildman–Crippen MR) is 84.7 cm³/mol. The van der Waals surface area contributed by atoms with Crippen molar-refractivity contribution in [1.82, 2.24) is 19.6 Å². The highest BCUT2D eigenvalue weighted by Gasteiger charge is 2.29. The van der Waals surface area contributed by atoms with E-state index in [1.54, 1.807) is 11.2 Å². The van der Waals surface area contributed by atoms with E-state index in [4.69, 9.17) is 9.52 Å². The van der Waals surface area contributed by atoms with Gasteiger partial charge in [-0.25, -0.2) is 0 Å². The van der Waals surface area contributed by atoms with Crippen LogP contribution < -0.4 is 0 Å². The Labute approximate surface area is 135 Å². The van der Waals surface area contributed by atoms with Crippen LogP contribution in [0.5, 0.6) is 0 Å². The maximum atomic E-state index is 12.4. The van der Waals surface area contributed by atoms with Crippen molar-refractivity contribution in [2.24, 2.45) is 0 Å². The monoisotopic (exact) mass is 314 g/mol. The molecular formula is C17H22N4O2. The number of rotatable bonds is 5. The van der Waals surface area contributed by atoms with E-state index in [9.17, 15) is 4.79 Å². The molecule has 0 aromatic carbocycles. The molecule has 0 atom stereocenters. The van der Waals surface area contributed by atoms with Crippen LogP contribution in [-0.4, -0.2) is 45.6 Å². The molecule has 0 radical (unpaired) electrons. The minimum Gasteiger partial charge on any atom is -0.467 e. The Hall–Kier alpha value is -2.08. The number of aromatic nitrogens is 2. The first kappa shape index (κ1) is 14.5. The van der Waals surface area contributed by atoms with E-state index in [0.29, 0.717) is 19.0 Å². The van der Waals surface area contributed by atoms with Crippen molar-refractivity contribution in [2.75, 3.05) is 20.1 Å². The molecule has 0 saturated heterocycles. The number of fused-ring (bicyclic) bond motifs is 1. The Kier molecular flexibility index (Phi) is 3.69. The molecule has 1 aliphatic heterocycles. The first-order valence-electron chi connectivity index (χ1n) is 8.24. The lowest BCUT2D eigenvalue weighted by Crippen LogP contribution is -2.41. The van der Waals surface area contributed by atoms with Crippen LogP contribution in [0.25, 0.3) is 0 Å². The van der Waals surface area contributed by atoms with Crippen LogP contribution in [0, 0.1) is 0 Å². The molecule has 23 heavy (non-hydrogen) atoms. The maximum Gasteiger partial charge on any atom is 0.236 e. The van der Waals surface area contributed by atoms with Crippen molar-refractivity contribution in [3.05, 3.63) is 41.6 Å². The number of carbonyl (C=O) groups is 1. The average molecular weight is 314 g/mol. The fraction of sp³-hybridized carbons (Fsp3) is 0.529. The van der Waals surface area contributed by atoms with E-state index < -0.39 is 0 Å². The molecule has 3 heterocycles. The van der Waals surface area contributed by atoms with Crippen LogP contribution >= 0.6 is 0 Å². The van der Waals surface area contributed by atoms with Crippen molar-refractivity contribution in [3.8, 4) is 0 Å². The molecule has 0 unspecified atom stereocenters. The van der Waals surface area contributed by atoms with Gasteiger partial charge in [0.15, 0.2) is 0 Å². The summed E-state index contributed by atoms with van der Waals surface area (Å²) in [5.41, 5.74) is 2.47. The molecule has 1 aliphatic carbocycles. The largest absolute Gasteiger partial charge is 0.467 e. The number of carbonyl (C=O) groups excluding carboxylic acids is 1. The molecular weight excluding hydrogens is 292 g/mol. The summed E-state index contributed by atoms with van der Waals surface area (Å²) in [7, 11) is 1.82. The highest BCUT2D eigenvalue weighted by molar-refractivity contribution is 5.77. The van der Waals surface area contributed by atoms with Gasteiger partial charge in [-0.3, -0.25) is 14.4 Å². The lowest BCUT2D eigenvalue weighted by molar-refractivity contribution is -0.132. The Morgan fingerprint density at radius 1 is 1.43 bits per heavy atom. The van der Waals surface area contributed by atoms with Gasteiger partial charge in [0.2, 0.25) is 5.91 Å². The Morgan fingerprint density at radius 3 is 3.04 bits per heavy atom. The standard InChI is InChI=1S/C17H22N4O2/c1-19(11-15-3-2-8-23-15)17(22)12-20-6-7-21-14(10-20)9-16(18-21)13-4-5-13/h2-3,8-9,13H,4-7,10-12H2,1H3. The predicted octanol–water partition coefficient (Wildman–Crippen LogP) is 1.83. The molecule has 2 aromatic heterocycles. The summed E-state index contributed by atoms with van der Waals surface area (Å²) >= 11 is 0. The topological polar surface area (TPSA) is 54.5 Å². The Bertz CT molecular complexity index is 688. The quantitative estimate of drug-likeness (QED) is 0.845. The normalized spacial score (nSPS) is 18.0. The minimum absolute atomic E-state index is 0.122. The molecule has 1 fully saturated rings. The van der Waals surface area contributed by atoms with Gasteiger partial charge in [0.05, 0.1) is 37.3 Å². The van der Waals surface area contributed by atoms with E-state index in [1.165, 1.54) is 24.2 Å². The minimum atomic E-state index is 0.122. The van der Waals surface area contributed by atoms with E-state index >= 15 is 0 Å². The number of hydrogen-bond acceptors (Lipinski definition) is 4. The second-order valence-electron chi connectivity index (χ2n) is 6.60. The lowest BCUT2D eigenvalue weighted by atomic mass is 10.2. The summed E-state index contributed by atoms with van der Waals surface area (Å²) in [5.74, 6) is 1.62. The van der Waals surface area contributed by atoms with Gasteiger partial charge in [-0.15, -0.1) is 0 Å². The smallest absolute Gasteiger partial charge is 0.236 e. The lowest BCUT2D eigenvalue weighted by Gasteiger charge is -2.28. The van der Waals surface area contributed by atoms with Crippen LogP contribution in [0.1, 0.15) is 35.9 Å². The van der Waals surface area contributed by atoms with Gasteiger partial charge in [-0.2, -0.15) is 5.10 Å². The van der Waals surface area contributed by atoms with Gasteiger partial charge >= 0.3 is 0 Å². The third-order valence-corrected chi connectivity index (χ3v) is 4.65. The van der Waals surface area contributed by atoms with Crippen molar-refractivity contribution in [1.29, 1.82) is 0 Å². The summed E-state index contributed by atoms with van der Waals surface area (Å²) in [6.45, 7) is 3.51. The van der Waals surface area contributed by atoms with Crippen LogP contribution in [0.15, 0.2) is 28.9 Å². The van der Waals surface area contributed by atoms with Gasteiger partial charge in [0.1, 0.15) is 5.76 Å². The molecule has 2 aliphatic rings. The summed E-state index contributed by atoms with van der Waals surface area (Å²) in [6, 6.07) is 5.96. The van der Waals surface area contributed by atoms with E-state index in [-0.39, 0.29) is 5.91 Å². The molecule has 2 aromatic rings. The van der Waals surface area contributed by atoms with Crippen molar-refractivity contribution in [3.63, 3.8) is 0 Å². The average Bonchev–Trinajstić information content (AvgIpc) is 3.10. The third kappa shape index (κ3) is 3.17. The fourth-order valence-electron chi connectivity index (χ4n) is 3.09. The second kappa shape index (κ2) is 5.85. The number of nitrogens with zero attached hydrogens (tertiary/aromatic N) is 4. The Balaban J connectivity index is 1.34. The van der Waals surface area contributed by atoms with E-state index in [1.807, 2.05) is 19.2 Å². The van der Waals surface area contributed by atoms with Gasteiger partial charge in [-0.05, 0) is 31.0 Å². The number of furan rings is 1. The molecule has 4 rings (SSSR count). The second-order valence-corrected chi connectivity index (χ2v) is 6.60. The van der Waals surface area contributed by atoms with Crippen molar-refractivity contribution in [2.45, 2.75) is 38.4 Å². The van der Waals surface area contributed by atoms with Crippen LogP contribution in [0.3, 0.4) is 0 Å². The zero-order valence-electron chi connectivity index (χ0n) is 13.4. The summed E-state index contributed by atoms with van der Waals surface area (Å²) < 4.78 is 7.42. The van der Waals surface area contributed by atoms with E-state index in [0.717, 1.165) is 25.4 Å². The highest BCUT2D eigenvalue weighted by Crippen LogP contribution is 2.39. The highest BCUT2D eigenvalue weighted by atomic mass is 16.3. The molecule has 0 N–H and O–H groups in total. The summed E-state index contributed by atoms with van der Waals surface area (Å²) in [6.07, 6.45) is 4.18. The fourth-order valence-corrected chi connectivity index (χ4v) is 3.09. The number of amides is 1.